The summed E-state index contributed by atoms with van der Waals surface area (Å²) in [5.74, 6) is 0.747. The van der Waals surface area contributed by atoms with Crippen LogP contribution in [-0.4, -0.2) is 31.1 Å². The maximum Gasteiger partial charge on any atom is 0.0376 e. The molecular weight excluding hydrogens is 196 g/mol. The SMILES string of the molecule is Cc1ccc2c(c1)C(CN1CCC1)CCN2. The van der Waals surface area contributed by atoms with Crippen LogP contribution in [0.3, 0.4) is 0 Å². The number of nitrogens with one attached hydrogen (secondary N) is 1. The summed E-state index contributed by atoms with van der Waals surface area (Å²) in [5.41, 5.74) is 4.29. The van der Waals surface area contributed by atoms with Gasteiger partial charge in [0.1, 0.15) is 0 Å². The number of fused-ring (bicyclic) bond motifs is 1. The molecule has 0 aromatic heterocycles. The van der Waals surface area contributed by atoms with Crippen LogP contribution in [0, 0.1) is 6.92 Å². The van der Waals surface area contributed by atoms with Gasteiger partial charge in [-0.1, -0.05) is 17.7 Å². The number of aryl methyl sites for hydroxylation is 1. The standard InChI is InChI=1S/C14H20N2/c1-11-3-4-14-13(9-11)12(5-6-15-14)10-16-7-2-8-16/h3-4,9,12,15H,2,5-8,10H2,1H3. The third-order valence-electron chi connectivity index (χ3n) is 3.88. The minimum Gasteiger partial charge on any atom is -0.385 e. The quantitative estimate of drug-likeness (QED) is 0.817. The van der Waals surface area contributed by atoms with Crippen LogP contribution in [0.25, 0.3) is 0 Å². The molecule has 1 atom stereocenters. The first-order valence-electron chi connectivity index (χ1n) is 6.40. The molecule has 86 valence electrons. The van der Waals surface area contributed by atoms with E-state index < -0.39 is 0 Å². The molecule has 1 N–H and O–H groups in total. The van der Waals surface area contributed by atoms with Crippen LogP contribution < -0.4 is 5.32 Å². The molecule has 1 unspecified atom stereocenters. The minimum absolute atomic E-state index is 0.747. The van der Waals surface area contributed by atoms with Gasteiger partial charge >= 0.3 is 0 Å². The highest BCUT2D eigenvalue weighted by Crippen LogP contribution is 2.33. The molecule has 2 aliphatic heterocycles. The van der Waals surface area contributed by atoms with Gasteiger partial charge in [0, 0.05) is 24.7 Å². The smallest absolute Gasteiger partial charge is 0.0376 e. The average molecular weight is 216 g/mol. The number of nitrogens with zero attached hydrogens (tertiary/aromatic N) is 1. The van der Waals surface area contributed by atoms with Crippen molar-refractivity contribution in [3.05, 3.63) is 29.3 Å². The lowest BCUT2D eigenvalue weighted by Crippen LogP contribution is -2.40. The van der Waals surface area contributed by atoms with Crippen molar-refractivity contribution in [1.29, 1.82) is 0 Å². The van der Waals surface area contributed by atoms with Gasteiger partial charge in [-0.05, 0) is 44.5 Å². The summed E-state index contributed by atoms with van der Waals surface area (Å²) < 4.78 is 0. The normalized spacial score (nSPS) is 24.4. The highest BCUT2D eigenvalue weighted by molar-refractivity contribution is 5.56. The van der Waals surface area contributed by atoms with Crippen molar-refractivity contribution in [1.82, 2.24) is 4.90 Å². The largest absolute Gasteiger partial charge is 0.385 e. The molecule has 1 saturated heterocycles. The average Bonchev–Trinajstić information content (AvgIpc) is 2.23. The fourth-order valence-corrected chi connectivity index (χ4v) is 2.78. The first kappa shape index (κ1) is 10.2. The zero-order valence-electron chi connectivity index (χ0n) is 10.00. The highest BCUT2D eigenvalue weighted by atomic mass is 15.2. The van der Waals surface area contributed by atoms with Gasteiger partial charge in [-0.25, -0.2) is 0 Å². The van der Waals surface area contributed by atoms with Crippen LogP contribution in [0.4, 0.5) is 5.69 Å². The van der Waals surface area contributed by atoms with Gasteiger partial charge in [0.2, 0.25) is 0 Å². The van der Waals surface area contributed by atoms with E-state index in [2.05, 4.69) is 35.3 Å². The van der Waals surface area contributed by atoms with Crippen LogP contribution in [0.1, 0.15) is 29.9 Å². The zero-order valence-corrected chi connectivity index (χ0v) is 10.00. The Morgan fingerprint density at radius 2 is 2.25 bits per heavy atom. The lowest BCUT2D eigenvalue weighted by atomic mass is 9.89. The van der Waals surface area contributed by atoms with E-state index in [1.807, 2.05) is 0 Å². The van der Waals surface area contributed by atoms with Crippen LogP contribution in [0.2, 0.25) is 0 Å². The molecule has 0 aliphatic carbocycles. The number of rotatable bonds is 2. The Balaban J connectivity index is 1.83. The lowest BCUT2D eigenvalue weighted by molar-refractivity contribution is 0.167. The summed E-state index contributed by atoms with van der Waals surface area (Å²) in [6, 6.07) is 6.82. The van der Waals surface area contributed by atoms with Gasteiger partial charge in [-0.2, -0.15) is 0 Å². The maximum atomic E-state index is 3.51. The molecule has 1 aromatic carbocycles. The van der Waals surface area contributed by atoms with Gasteiger partial charge in [-0.3, -0.25) is 0 Å². The van der Waals surface area contributed by atoms with Crippen molar-refractivity contribution in [3.63, 3.8) is 0 Å². The van der Waals surface area contributed by atoms with Crippen LogP contribution in [0.5, 0.6) is 0 Å². The van der Waals surface area contributed by atoms with E-state index in [9.17, 15) is 0 Å². The molecule has 1 aromatic rings. The fraction of sp³-hybridized carbons (Fsp3) is 0.571. The van der Waals surface area contributed by atoms with Crippen molar-refractivity contribution < 1.29 is 0 Å². The van der Waals surface area contributed by atoms with Crippen molar-refractivity contribution in [2.75, 3.05) is 31.5 Å². The first-order chi connectivity index (χ1) is 7.83. The molecular formula is C14H20N2. The molecule has 0 bridgehead atoms. The number of hydrogen-bond acceptors (Lipinski definition) is 2. The summed E-state index contributed by atoms with van der Waals surface area (Å²) in [5, 5.41) is 3.51. The van der Waals surface area contributed by atoms with Crippen LogP contribution >= 0.6 is 0 Å². The Morgan fingerprint density at radius 1 is 1.38 bits per heavy atom. The van der Waals surface area contributed by atoms with Crippen molar-refractivity contribution in [2.45, 2.75) is 25.7 Å². The molecule has 0 saturated carbocycles. The summed E-state index contributed by atoms with van der Waals surface area (Å²) in [6.07, 6.45) is 2.68. The second kappa shape index (κ2) is 4.10. The summed E-state index contributed by atoms with van der Waals surface area (Å²) >= 11 is 0. The number of likely N-dealkylation sites (tertiary alicyclic amines) is 1. The molecule has 2 aliphatic rings. The van der Waals surface area contributed by atoms with E-state index in [0.717, 1.165) is 12.5 Å². The predicted octanol–water partition coefficient (Wildman–Crippen LogP) is 2.60. The minimum atomic E-state index is 0.747. The van der Waals surface area contributed by atoms with Gasteiger partial charge < -0.3 is 10.2 Å². The second-order valence-electron chi connectivity index (χ2n) is 5.16. The number of anilines is 1. The molecule has 3 rings (SSSR count). The van der Waals surface area contributed by atoms with E-state index in [1.54, 1.807) is 0 Å². The fourth-order valence-electron chi connectivity index (χ4n) is 2.78. The predicted molar refractivity (Wildman–Crippen MR) is 68.1 cm³/mol. The molecule has 1 fully saturated rings. The van der Waals surface area contributed by atoms with Crippen LogP contribution in [-0.2, 0) is 0 Å². The lowest BCUT2D eigenvalue weighted by Gasteiger charge is -2.36. The first-order valence-corrected chi connectivity index (χ1v) is 6.40. The Bertz CT molecular complexity index is 382. The zero-order chi connectivity index (χ0) is 11.0. The van der Waals surface area contributed by atoms with E-state index in [4.69, 9.17) is 0 Å². The highest BCUT2D eigenvalue weighted by Gasteiger charge is 2.24. The van der Waals surface area contributed by atoms with Gasteiger partial charge in [0.15, 0.2) is 0 Å². The van der Waals surface area contributed by atoms with Gasteiger partial charge in [0.25, 0.3) is 0 Å². The number of hydrogen-bond donors (Lipinski definition) is 1. The Labute approximate surface area is 97.6 Å². The second-order valence-corrected chi connectivity index (χ2v) is 5.16. The molecule has 2 heterocycles. The molecule has 16 heavy (non-hydrogen) atoms. The Morgan fingerprint density at radius 3 is 3.00 bits per heavy atom. The van der Waals surface area contributed by atoms with Crippen molar-refractivity contribution >= 4 is 5.69 Å². The van der Waals surface area contributed by atoms with E-state index in [-0.39, 0.29) is 0 Å². The van der Waals surface area contributed by atoms with E-state index in [0.29, 0.717) is 0 Å². The maximum absolute atomic E-state index is 3.51. The molecule has 0 amide bonds. The topological polar surface area (TPSA) is 15.3 Å². The summed E-state index contributed by atoms with van der Waals surface area (Å²) in [6.45, 7) is 7.21. The van der Waals surface area contributed by atoms with Crippen LogP contribution in [0.15, 0.2) is 18.2 Å². The Hall–Kier alpha value is -1.02. The third kappa shape index (κ3) is 1.82. The van der Waals surface area contributed by atoms with Gasteiger partial charge in [-0.15, -0.1) is 0 Å². The molecule has 2 nitrogen and oxygen atoms in total. The molecule has 0 spiro atoms. The van der Waals surface area contributed by atoms with E-state index >= 15 is 0 Å². The van der Waals surface area contributed by atoms with Crippen molar-refractivity contribution in [3.8, 4) is 0 Å². The third-order valence-corrected chi connectivity index (χ3v) is 3.88. The summed E-state index contributed by atoms with van der Waals surface area (Å²) in [7, 11) is 0. The molecule has 0 radical (unpaired) electrons. The molecule has 2 heteroatoms. The van der Waals surface area contributed by atoms with Crippen molar-refractivity contribution in [2.24, 2.45) is 0 Å². The summed E-state index contributed by atoms with van der Waals surface area (Å²) in [4.78, 5) is 2.59. The Kier molecular flexibility index (Phi) is 2.60. The van der Waals surface area contributed by atoms with Gasteiger partial charge in [0.05, 0.1) is 0 Å². The monoisotopic (exact) mass is 216 g/mol. The van der Waals surface area contributed by atoms with E-state index in [1.165, 1.54) is 49.3 Å². The number of benzene rings is 1.